The zero-order valence-electron chi connectivity index (χ0n) is 59.5. The summed E-state index contributed by atoms with van der Waals surface area (Å²) in [5, 5.41) is 10.6. The lowest BCUT2D eigenvalue weighted by molar-refractivity contribution is -0.161. The molecule has 0 spiro atoms. The Bertz CT molecular complexity index is 1800. The van der Waals surface area contributed by atoms with E-state index in [0.29, 0.717) is 37.5 Å². The molecule has 0 radical (unpaired) electrons. The van der Waals surface area contributed by atoms with Gasteiger partial charge < -0.3 is 33.8 Å². The molecule has 17 nitrogen and oxygen atoms in total. The van der Waals surface area contributed by atoms with Crippen molar-refractivity contribution in [2.45, 2.75) is 375 Å². The molecule has 19 heteroatoms. The molecule has 0 aliphatic rings. The van der Waals surface area contributed by atoms with Crippen LogP contribution in [-0.4, -0.2) is 96.7 Å². The number of hydrogen-bond donors (Lipinski definition) is 3. The van der Waals surface area contributed by atoms with E-state index in [0.717, 1.165) is 115 Å². The van der Waals surface area contributed by atoms with Crippen LogP contribution in [0.1, 0.15) is 357 Å². The molecule has 91 heavy (non-hydrogen) atoms. The molecule has 0 saturated heterocycles. The van der Waals surface area contributed by atoms with Gasteiger partial charge in [-0.05, 0) is 49.4 Å². The molecule has 0 aromatic heterocycles. The first-order chi connectivity index (χ1) is 43.7. The van der Waals surface area contributed by atoms with Crippen LogP contribution in [0.4, 0.5) is 0 Å². The number of ether oxygens (including phenoxy) is 4. The van der Waals surface area contributed by atoms with Gasteiger partial charge in [-0.1, -0.05) is 306 Å². The van der Waals surface area contributed by atoms with E-state index in [1.165, 1.54) is 148 Å². The average molecular weight is 1340 g/mol. The summed E-state index contributed by atoms with van der Waals surface area (Å²) in [4.78, 5) is 72.6. The Labute approximate surface area is 556 Å². The molecule has 4 unspecified atom stereocenters. The lowest BCUT2D eigenvalue weighted by Crippen LogP contribution is -2.30. The first-order valence-corrected chi connectivity index (χ1v) is 40.3. The van der Waals surface area contributed by atoms with Gasteiger partial charge in [0.25, 0.3) is 0 Å². The SMILES string of the molecule is CCC(C)CCCCCCCCCCCCCCCCC(=O)O[C@H](COC(=O)CCCCCCCCC(C)C)COP(=O)(O)OC[C@H](O)COP(=O)(O)OC[C@@H](COC(=O)CCCCCCCCCC(C)C)OC(=O)CCCCCCCCCCCCC(C)CC. The van der Waals surface area contributed by atoms with Gasteiger partial charge >= 0.3 is 39.5 Å². The van der Waals surface area contributed by atoms with Crippen molar-refractivity contribution in [3.8, 4) is 0 Å². The van der Waals surface area contributed by atoms with Gasteiger partial charge in [-0.3, -0.25) is 37.3 Å². The van der Waals surface area contributed by atoms with Crippen molar-refractivity contribution in [2.24, 2.45) is 23.7 Å². The number of aliphatic hydroxyl groups excluding tert-OH is 1. The molecule has 0 rings (SSSR count). The summed E-state index contributed by atoms with van der Waals surface area (Å²) in [7, 11) is -9.90. The Balaban J connectivity index is 5.21. The van der Waals surface area contributed by atoms with Gasteiger partial charge in [0.05, 0.1) is 26.4 Å². The normalized spacial score (nSPS) is 14.8. The van der Waals surface area contributed by atoms with Crippen molar-refractivity contribution in [3.05, 3.63) is 0 Å². The molecule has 0 saturated carbocycles. The maximum absolute atomic E-state index is 13.0. The molecular formula is C72H140O17P2. The van der Waals surface area contributed by atoms with Crippen molar-refractivity contribution >= 4 is 39.5 Å². The zero-order valence-corrected chi connectivity index (χ0v) is 61.3. The second kappa shape index (κ2) is 61.6. The Hall–Kier alpha value is -1.94. The van der Waals surface area contributed by atoms with E-state index in [1.807, 2.05) is 0 Å². The minimum Gasteiger partial charge on any atom is -0.462 e. The van der Waals surface area contributed by atoms with Crippen molar-refractivity contribution < 1.29 is 80.2 Å². The summed E-state index contributed by atoms with van der Waals surface area (Å²) < 4.78 is 68.3. The van der Waals surface area contributed by atoms with Crippen LogP contribution in [0, 0.1) is 23.7 Å². The largest absolute Gasteiger partial charge is 0.472 e. The maximum atomic E-state index is 13.0. The summed E-state index contributed by atoms with van der Waals surface area (Å²) in [6.45, 7) is 14.1. The molecule has 0 heterocycles. The molecule has 540 valence electrons. The van der Waals surface area contributed by atoms with Crippen molar-refractivity contribution in [2.75, 3.05) is 39.6 Å². The highest BCUT2D eigenvalue weighted by Crippen LogP contribution is 2.45. The van der Waals surface area contributed by atoms with Gasteiger partial charge in [0.15, 0.2) is 12.2 Å². The van der Waals surface area contributed by atoms with E-state index in [4.69, 9.17) is 37.0 Å². The second-order valence-corrected chi connectivity index (χ2v) is 30.3. The third-order valence-corrected chi connectivity index (χ3v) is 19.2. The van der Waals surface area contributed by atoms with Crippen molar-refractivity contribution in [1.29, 1.82) is 0 Å². The molecule has 0 aromatic rings. The van der Waals surface area contributed by atoms with Crippen LogP contribution in [0.5, 0.6) is 0 Å². The molecule has 7 atom stereocenters. The maximum Gasteiger partial charge on any atom is 0.472 e. The number of unbranched alkanes of at least 4 members (excludes halogenated alkanes) is 33. The fraction of sp³-hybridized carbons (Fsp3) is 0.944. The average Bonchev–Trinajstić information content (AvgIpc) is 2.79. The fourth-order valence-corrected chi connectivity index (χ4v) is 12.4. The Morgan fingerprint density at radius 2 is 0.527 bits per heavy atom. The van der Waals surface area contributed by atoms with Gasteiger partial charge in [-0.2, -0.15) is 0 Å². The summed E-state index contributed by atoms with van der Waals surface area (Å²) >= 11 is 0. The van der Waals surface area contributed by atoms with Crippen LogP contribution < -0.4 is 0 Å². The number of rotatable bonds is 69. The number of esters is 4. The van der Waals surface area contributed by atoms with Gasteiger partial charge in [0.1, 0.15) is 19.3 Å². The number of aliphatic hydroxyl groups is 1. The Morgan fingerprint density at radius 1 is 0.308 bits per heavy atom. The van der Waals surface area contributed by atoms with Gasteiger partial charge in [-0.15, -0.1) is 0 Å². The molecule has 0 aliphatic heterocycles. The molecule has 3 N–H and O–H groups in total. The van der Waals surface area contributed by atoms with E-state index in [9.17, 15) is 43.2 Å². The van der Waals surface area contributed by atoms with Gasteiger partial charge in [0.2, 0.25) is 0 Å². The monoisotopic (exact) mass is 1340 g/mol. The molecule has 0 fully saturated rings. The quantitative estimate of drug-likeness (QED) is 0.0222. The van der Waals surface area contributed by atoms with Crippen LogP contribution in [-0.2, 0) is 65.4 Å². The first-order valence-electron chi connectivity index (χ1n) is 37.3. The van der Waals surface area contributed by atoms with E-state index in [-0.39, 0.29) is 25.7 Å². The fourth-order valence-electron chi connectivity index (χ4n) is 10.8. The summed E-state index contributed by atoms with van der Waals surface area (Å²) in [5.41, 5.74) is 0. The van der Waals surface area contributed by atoms with Crippen LogP contribution >= 0.6 is 15.6 Å². The first kappa shape index (κ1) is 89.1. The third kappa shape index (κ3) is 63.9. The van der Waals surface area contributed by atoms with Crippen LogP contribution in [0.15, 0.2) is 0 Å². The summed E-state index contributed by atoms with van der Waals surface area (Å²) in [6, 6.07) is 0. The minimum atomic E-state index is -4.95. The zero-order chi connectivity index (χ0) is 67.5. The molecule has 0 amide bonds. The predicted octanol–water partition coefficient (Wildman–Crippen LogP) is 20.5. The van der Waals surface area contributed by atoms with E-state index < -0.39 is 97.5 Å². The molecular weight excluding hydrogens is 1200 g/mol. The van der Waals surface area contributed by atoms with E-state index in [2.05, 4.69) is 55.4 Å². The molecule has 0 aliphatic carbocycles. The lowest BCUT2D eigenvalue weighted by Gasteiger charge is -2.21. The minimum absolute atomic E-state index is 0.105. The summed E-state index contributed by atoms with van der Waals surface area (Å²) in [5.74, 6) is 0.904. The highest BCUT2D eigenvalue weighted by Gasteiger charge is 2.30. The molecule has 0 bridgehead atoms. The van der Waals surface area contributed by atoms with Gasteiger partial charge in [-0.25, -0.2) is 9.13 Å². The third-order valence-electron chi connectivity index (χ3n) is 17.3. The van der Waals surface area contributed by atoms with E-state index in [1.54, 1.807) is 0 Å². The van der Waals surface area contributed by atoms with Crippen molar-refractivity contribution in [1.82, 2.24) is 0 Å². The van der Waals surface area contributed by atoms with E-state index >= 15 is 0 Å². The standard InChI is InChI=1S/C72H140O17P2/c1-9-64(7)50-42-34-25-19-15-13-11-12-14-16-21-27-38-46-54-71(76)89-68(59-83-70(75)53-45-37-31-30-33-41-49-63(5)6)61-87-91(80,81)85-57-66(73)56-84-90(78,79)86-60-67(58-82-69(74)52-44-36-29-23-24-32-40-48-62(3)4)88-72(77)55-47-39-28-22-18-17-20-26-35-43-51-65(8)10-2/h62-68,73H,9-61H2,1-8H3,(H,78,79)(H,80,81)/t64?,65?,66-,67-,68-/m1/s1. The topological polar surface area (TPSA) is 237 Å². The lowest BCUT2D eigenvalue weighted by atomic mass is 9.99. The Morgan fingerprint density at radius 3 is 0.780 bits per heavy atom. The van der Waals surface area contributed by atoms with Crippen LogP contribution in [0.3, 0.4) is 0 Å². The Kier molecular flexibility index (Phi) is 60.3. The number of hydrogen-bond acceptors (Lipinski definition) is 15. The number of phosphoric acid groups is 2. The summed E-state index contributed by atoms with van der Waals surface area (Å²) in [6.07, 6.45) is 44.5. The van der Waals surface area contributed by atoms with Crippen molar-refractivity contribution in [3.63, 3.8) is 0 Å². The molecule has 0 aromatic carbocycles. The predicted molar refractivity (Wildman–Crippen MR) is 367 cm³/mol. The van der Waals surface area contributed by atoms with Crippen LogP contribution in [0.2, 0.25) is 0 Å². The van der Waals surface area contributed by atoms with Gasteiger partial charge in [0, 0.05) is 25.7 Å². The van der Waals surface area contributed by atoms with Crippen LogP contribution in [0.25, 0.3) is 0 Å². The number of carbonyl (C=O) groups excluding carboxylic acids is 4. The highest BCUT2D eigenvalue weighted by atomic mass is 31.2. The second-order valence-electron chi connectivity index (χ2n) is 27.4. The highest BCUT2D eigenvalue weighted by molar-refractivity contribution is 7.47. The number of carbonyl (C=O) groups is 4. The smallest absolute Gasteiger partial charge is 0.462 e. The number of phosphoric ester groups is 2.